The first-order valence-corrected chi connectivity index (χ1v) is 35.6. The Balaban J connectivity index is 0.000000317. The molecule has 44 heteroatoms. The Labute approximate surface area is 637 Å². The van der Waals surface area contributed by atoms with Crippen LogP contribution in [0.15, 0.2) is 23.0 Å². The summed E-state index contributed by atoms with van der Waals surface area (Å²) in [5, 5.41) is 4.67. The van der Waals surface area contributed by atoms with Crippen molar-refractivity contribution in [2.75, 3.05) is 11.5 Å². The highest BCUT2D eigenvalue weighted by Crippen LogP contribution is 2.35. The number of unbranched alkanes of at least 4 members (excludes halogenated alkanes) is 10. The van der Waals surface area contributed by atoms with Gasteiger partial charge in [0.2, 0.25) is 0 Å². The van der Waals surface area contributed by atoms with Gasteiger partial charge in [-0.1, -0.05) is 66.2 Å². The zero-order valence-electron chi connectivity index (χ0n) is 58.8. The Bertz CT molecular complexity index is 3960. The van der Waals surface area contributed by atoms with Crippen molar-refractivity contribution >= 4 is 79.5 Å². The van der Waals surface area contributed by atoms with Gasteiger partial charge in [-0.25, -0.2) is 176 Å². The van der Waals surface area contributed by atoms with Crippen molar-refractivity contribution in [2.45, 2.75) is 118 Å². The molecule has 0 saturated heterocycles. The molecule has 0 radical (unpaired) electrons. The summed E-state index contributed by atoms with van der Waals surface area (Å²) in [5.74, 6) is -140. The molecule has 0 spiro atoms. The van der Waals surface area contributed by atoms with E-state index in [0.717, 1.165) is 0 Å². The summed E-state index contributed by atoms with van der Waals surface area (Å²) < 4.78 is 588. The first kappa shape index (κ1) is 97.8. The summed E-state index contributed by atoms with van der Waals surface area (Å²) in [6.07, 6.45) is 9.32. The Kier molecular flexibility index (Phi) is 34.7. The molecule has 0 aliphatic heterocycles. The number of halogens is 40. The van der Waals surface area contributed by atoms with Crippen LogP contribution in [-0.4, -0.2) is 23.8 Å². The predicted octanol–water partition coefficient (Wildman–Crippen LogP) is 19.9. The second-order valence-corrected chi connectivity index (χ2v) is 26.8. The van der Waals surface area contributed by atoms with Crippen molar-refractivity contribution in [1.82, 2.24) is 0 Å². The molecule has 0 heterocycles. The fraction of sp³-hybridized carbons (Fsp3) is 0.278. The molecule has 0 nitrogen and oxygen atoms in total. The number of benzene rings is 8. The molecule has 0 atom stereocenters. The Morgan fingerprint density at radius 1 is 0.164 bits per heavy atom. The van der Waals surface area contributed by atoms with Gasteiger partial charge < -0.3 is 0 Å². The van der Waals surface area contributed by atoms with E-state index < -0.39 is 289 Å². The van der Waals surface area contributed by atoms with E-state index in [1.54, 1.807) is 0 Å². The van der Waals surface area contributed by atoms with Gasteiger partial charge in [0.15, 0.2) is 140 Å². The van der Waals surface area contributed by atoms with Gasteiger partial charge >= 0.3 is 0 Å². The highest BCUT2D eigenvalue weighted by Gasteiger charge is 2.55. The SMILES string of the molecule is CCCCC=C[SH+]CCCCCC.CCCCC=C[SH+]CCCCCC.Fc1c(F)c(F)c([B-](c2c(F)c(F)c(F)c(F)c2F)(c2c(F)c(F)c(F)c(F)c2F)c2c(F)c(F)c(F)c(F)c2F)c(F)c1F.Fc1c(F)c(F)c([B-](c2c(F)c(F)c(F)c(F)c2F)(c2c(F)c(F)c(F)c(F)c2F)c2c(F)c(F)c(F)c(F)c2F)c(F)c1F. The van der Waals surface area contributed by atoms with E-state index in [0.29, 0.717) is 0 Å². The number of hydrogen-bond acceptors (Lipinski definition) is 0. The first-order chi connectivity index (χ1) is 54.2. The molecule has 636 valence electrons. The quantitative estimate of drug-likeness (QED) is 0.00964. The van der Waals surface area contributed by atoms with E-state index in [-0.39, 0.29) is 0 Å². The molecule has 0 fully saturated rings. The number of rotatable bonds is 26. The zero-order chi connectivity index (χ0) is 88.3. The molecule has 0 saturated carbocycles. The third-order valence-electron chi connectivity index (χ3n) is 17.6. The number of allylic oxidation sites excluding steroid dienone is 2. The second-order valence-electron chi connectivity index (χ2n) is 24.6. The van der Waals surface area contributed by atoms with E-state index in [1.807, 2.05) is 0 Å². The van der Waals surface area contributed by atoms with Gasteiger partial charge in [0, 0.05) is 23.5 Å². The van der Waals surface area contributed by atoms with Gasteiger partial charge in [-0.3, -0.25) is 0 Å². The van der Waals surface area contributed by atoms with E-state index in [9.17, 15) is 105 Å². The lowest BCUT2D eigenvalue weighted by atomic mass is 9.12. The lowest BCUT2D eigenvalue weighted by Gasteiger charge is -2.44. The average Bonchev–Trinajstić information content (AvgIpc) is 0.686. The summed E-state index contributed by atoms with van der Waals surface area (Å²) in [6.45, 7) is 9.03. The van der Waals surface area contributed by atoms with Crippen LogP contribution in [0.4, 0.5) is 176 Å². The minimum absolute atomic E-state index is 1.28. The molecule has 116 heavy (non-hydrogen) atoms. The van der Waals surface area contributed by atoms with Crippen molar-refractivity contribution in [1.29, 1.82) is 0 Å². The summed E-state index contributed by atoms with van der Waals surface area (Å²) in [4.78, 5) is 0. The largest absolute Gasteiger partial charge is 0.207 e. The first-order valence-electron chi connectivity index (χ1n) is 33.3. The third-order valence-corrected chi connectivity index (χ3v) is 19.6. The summed E-state index contributed by atoms with van der Waals surface area (Å²) in [6, 6.07) is 0. The van der Waals surface area contributed by atoms with Crippen LogP contribution in [-0.2, 0) is 23.5 Å². The van der Waals surface area contributed by atoms with Gasteiger partial charge in [0.05, 0.1) is 0 Å². The third kappa shape index (κ3) is 18.1. The van der Waals surface area contributed by atoms with Crippen molar-refractivity contribution in [3.8, 4) is 0 Å². The zero-order valence-corrected chi connectivity index (χ0v) is 60.6. The normalized spacial score (nSPS) is 11.8. The summed E-state index contributed by atoms with van der Waals surface area (Å²) >= 11 is 3.05. The smallest absolute Gasteiger partial charge is 0.200 e. The van der Waals surface area contributed by atoms with Crippen LogP contribution in [0.25, 0.3) is 0 Å². The molecule has 0 aromatic heterocycles. The highest BCUT2D eigenvalue weighted by atomic mass is 32.2. The maximum Gasteiger partial charge on any atom is 0.200 e. The highest BCUT2D eigenvalue weighted by molar-refractivity contribution is 7.81. The van der Waals surface area contributed by atoms with Gasteiger partial charge in [-0.15, -0.1) is 43.7 Å². The van der Waals surface area contributed by atoms with Crippen molar-refractivity contribution in [3.63, 3.8) is 0 Å². The summed E-state index contributed by atoms with van der Waals surface area (Å²) in [5.41, 5.74) is -28.7. The van der Waals surface area contributed by atoms with Crippen LogP contribution in [0.2, 0.25) is 0 Å². The molecule has 0 unspecified atom stereocenters. The maximum absolute atomic E-state index is 15.4. The molecular weight excluding hydrogens is 1710 g/mol. The predicted molar refractivity (Wildman–Crippen MR) is 351 cm³/mol. The molecule has 0 aliphatic rings. The lowest BCUT2D eigenvalue weighted by Crippen LogP contribution is -2.81. The maximum atomic E-state index is 15.4. The van der Waals surface area contributed by atoms with E-state index in [2.05, 4.69) is 50.7 Å². The van der Waals surface area contributed by atoms with Gasteiger partial charge in [0.1, 0.15) is 128 Å². The van der Waals surface area contributed by atoms with Crippen LogP contribution in [0.5, 0.6) is 0 Å². The fourth-order valence-electron chi connectivity index (χ4n) is 12.1. The molecule has 0 bridgehead atoms. The van der Waals surface area contributed by atoms with Crippen LogP contribution in [0.1, 0.15) is 118 Å². The molecule has 8 rings (SSSR count). The monoisotopic (exact) mass is 1760 g/mol. The molecule has 0 amide bonds. The molecule has 8 aromatic rings. The number of hydrogen-bond donors (Lipinski definition) is 0. The molecular formula is C72H50B2F40S2. The Morgan fingerprint density at radius 3 is 0.405 bits per heavy atom. The van der Waals surface area contributed by atoms with Crippen LogP contribution < -0.4 is 43.7 Å². The number of thiol groups is 2. The molecule has 8 aromatic carbocycles. The second kappa shape index (κ2) is 41.1. The average molecular weight is 1760 g/mol. The van der Waals surface area contributed by atoms with E-state index >= 15 is 70.2 Å². The van der Waals surface area contributed by atoms with Crippen molar-refractivity contribution < 1.29 is 176 Å². The van der Waals surface area contributed by atoms with Gasteiger partial charge in [-0.2, -0.15) is 0 Å². The van der Waals surface area contributed by atoms with E-state index in [1.165, 1.54) is 125 Å². The minimum Gasteiger partial charge on any atom is -0.207 e. The van der Waals surface area contributed by atoms with Gasteiger partial charge in [0.25, 0.3) is 0 Å². The summed E-state index contributed by atoms with van der Waals surface area (Å²) in [7, 11) is 0. The fourth-order valence-corrected chi connectivity index (χ4v) is 13.8. The minimum atomic E-state index is -7.22. The topological polar surface area (TPSA) is 0 Å². The van der Waals surface area contributed by atoms with E-state index in [4.69, 9.17) is 0 Å². The molecule has 0 aliphatic carbocycles. The van der Waals surface area contributed by atoms with Crippen LogP contribution >= 0.6 is 0 Å². The lowest BCUT2D eigenvalue weighted by molar-refractivity contribution is 0.377. The Hall–Kier alpha value is -8.73. The Morgan fingerprint density at radius 2 is 0.284 bits per heavy atom. The molecule has 0 N–H and O–H groups in total. The van der Waals surface area contributed by atoms with Crippen molar-refractivity contribution in [2.24, 2.45) is 0 Å². The van der Waals surface area contributed by atoms with Gasteiger partial charge in [-0.05, 0) is 63.5 Å². The standard InChI is InChI=1S/2C24BF20.2C12H24S/c2*26-5-1(6(27)14(35)21(42)13(5)34)25(2-7(28)15(36)22(43)16(37)8(2)29,3-9(30)17(38)23(44)18(39)10(3)31)4-11(32)19(40)24(45)20(41)12(4)33;2*1-3-5-7-9-11-13-12-10-8-6-4-2/h;;2*9,11H,3-8,10,12H2,1-2H3/q2*-1;;/p+2. The van der Waals surface area contributed by atoms with Crippen molar-refractivity contribution in [3.05, 3.63) is 256 Å². The van der Waals surface area contributed by atoms with Crippen LogP contribution in [0.3, 0.4) is 0 Å². The van der Waals surface area contributed by atoms with Crippen LogP contribution in [0, 0.1) is 233 Å².